The van der Waals surface area contributed by atoms with E-state index in [1.54, 1.807) is 0 Å². The third-order valence-electron chi connectivity index (χ3n) is 9.83. The zero-order chi connectivity index (χ0) is 31.6. The molecule has 7 aromatic carbocycles. The molecule has 0 fully saturated rings. The van der Waals surface area contributed by atoms with Crippen LogP contribution in [0.1, 0.15) is 5.56 Å². The molecule has 0 spiro atoms. The number of nitrogens with one attached hydrogen (secondary N) is 1. The largest absolute Gasteiger partial charge is 0.353 e. The van der Waals surface area contributed by atoms with Crippen LogP contribution in [0, 0.1) is 0 Å². The molecule has 1 aromatic heterocycles. The highest BCUT2D eigenvalue weighted by molar-refractivity contribution is 7.23. The Labute approximate surface area is 283 Å². The van der Waals surface area contributed by atoms with Crippen molar-refractivity contribution in [3.8, 4) is 44.5 Å². The van der Waals surface area contributed by atoms with Crippen molar-refractivity contribution in [2.45, 2.75) is 6.17 Å². The lowest BCUT2D eigenvalue weighted by molar-refractivity contribution is 0.881. The second-order valence-corrected chi connectivity index (χ2v) is 13.6. The molecular formula is C45H30N2S. The van der Waals surface area contributed by atoms with E-state index < -0.39 is 0 Å². The summed E-state index contributed by atoms with van der Waals surface area (Å²) in [7, 11) is 0. The number of rotatable bonds is 5. The fraction of sp³-hybridized carbons (Fsp3) is 0.0222. The predicted octanol–water partition coefficient (Wildman–Crippen LogP) is 12.6. The van der Waals surface area contributed by atoms with Crippen molar-refractivity contribution in [2.24, 2.45) is 0 Å². The van der Waals surface area contributed by atoms with E-state index in [0.717, 1.165) is 11.4 Å². The molecule has 1 aliphatic carbocycles. The topological polar surface area (TPSA) is 15.3 Å². The second kappa shape index (κ2) is 10.8. The van der Waals surface area contributed by atoms with Crippen molar-refractivity contribution in [1.82, 2.24) is 0 Å². The van der Waals surface area contributed by atoms with E-state index in [1.807, 2.05) is 11.3 Å². The molecule has 1 N–H and O–H groups in total. The minimum absolute atomic E-state index is 0.0567. The van der Waals surface area contributed by atoms with Crippen molar-refractivity contribution in [1.29, 1.82) is 0 Å². The van der Waals surface area contributed by atoms with E-state index in [9.17, 15) is 0 Å². The molecule has 48 heavy (non-hydrogen) atoms. The molecule has 2 heterocycles. The van der Waals surface area contributed by atoms with Gasteiger partial charge >= 0.3 is 0 Å². The normalized spacial score (nSPS) is 14.1. The molecule has 1 atom stereocenters. The Hall–Kier alpha value is -5.90. The van der Waals surface area contributed by atoms with Crippen LogP contribution >= 0.6 is 11.3 Å². The molecule has 2 aliphatic rings. The summed E-state index contributed by atoms with van der Waals surface area (Å²) in [5.41, 5.74) is 13.7. The Bertz CT molecular complexity index is 2540. The van der Waals surface area contributed by atoms with Gasteiger partial charge in [0.25, 0.3) is 0 Å². The van der Waals surface area contributed by atoms with Gasteiger partial charge in [0.05, 0.1) is 5.00 Å². The molecule has 0 saturated heterocycles. The Morgan fingerprint density at radius 1 is 0.500 bits per heavy atom. The molecular weight excluding hydrogens is 601 g/mol. The van der Waals surface area contributed by atoms with Crippen LogP contribution in [0.3, 0.4) is 0 Å². The number of thiophene rings is 1. The molecule has 1 unspecified atom stereocenters. The lowest BCUT2D eigenvalue weighted by Crippen LogP contribution is -2.37. The van der Waals surface area contributed by atoms with Gasteiger partial charge in [-0.1, -0.05) is 121 Å². The van der Waals surface area contributed by atoms with Crippen LogP contribution in [0.15, 0.2) is 164 Å². The van der Waals surface area contributed by atoms with Crippen LogP contribution in [0.2, 0.25) is 0 Å². The highest BCUT2D eigenvalue weighted by atomic mass is 32.1. The second-order valence-electron chi connectivity index (χ2n) is 12.6. The van der Waals surface area contributed by atoms with Crippen molar-refractivity contribution in [3.63, 3.8) is 0 Å². The summed E-state index contributed by atoms with van der Waals surface area (Å²) in [4.78, 5) is 2.42. The van der Waals surface area contributed by atoms with Gasteiger partial charge in [-0.15, -0.1) is 11.3 Å². The van der Waals surface area contributed by atoms with Crippen LogP contribution in [0.4, 0.5) is 16.4 Å². The van der Waals surface area contributed by atoms with Gasteiger partial charge in [0, 0.05) is 27.0 Å². The van der Waals surface area contributed by atoms with Crippen molar-refractivity contribution in [3.05, 3.63) is 169 Å². The summed E-state index contributed by atoms with van der Waals surface area (Å²) in [6.07, 6.45) is 4.53. The van der Waals surface area contributed by atoms with Gasteiger partial charge in [0.2, 0.25) is 0 Å². The van der Waals surface area contributed by atoms with E-state index in [1.165, 1.54) is 75.9 Å². The first kappa shape index (κ1) is 27.2. The molecule has 3 heteroatoms. The minimum atomic E-state index is -0.0567. The predicted molar refractivity (Wildman–Crippen MR) is 206 cm³/mol. The third kappa shape index (κ3) is 4.32. The SMILES string of the molecule is C1=CC(N(c2ccc(-c3cc4c5c(cccc5c3)-c3ccccc3-4)cc2)c2cccc(-c3ccccc3)c2)Nc2sc3ccccc3c21. The minimum Gasteiger partial charge on any atom is -0.353 e. The summed E-state index contributed by atoms with van der Waals surface area (Å²) in [6.45, 7) is 0. The monoisotopic (exact) mass is 630 g/mol. The zero-order valence-corrected chi connectivity index (χ0v) is 26.9. The fourth-order valence-electron chi connectivity index (χ4n) is 7.59. The molecule has 0 radical (unpaired) electrons. The zero-order valence-electron chi connectivity index (χ0n) is 26.1. The van der Waals surface area contributed by atoms with E-state index in [-0.39, 0.29) is 6.17 Å². The summed E-state index contributed by atoms with van der Waals surface area (Å²) in [5, 5.41) is 9.05. The number of fused-ring (bicyclic) bond motifs is 6. The first-order valence-corrected chi connectivity index (χ1v) is 17.3. The van der Waals surface area contributed by atoms with Gasteiger partial charge in [0.15, 0.2) is 0 Å². The molecule has 1 aliphatic heterocycles. The molecule has 2 nitrogen and oxygen atoms in total. The molecule has 0 amide bonds. The fourth-order valence-corrected chi connectivity index (χ4v) is 8.72. The van der Waals surface area contributed by atoms with E-state index in [4.69, 9.17) is 0 Å². The van der Waals surface area contributed by atoms with Crippen molar-refractivity contribution in [2.75, 3.05) is 10.2 Å². The maximum atomic E-state index is 3.90. The average molecular weight is 631 g/mol. The number of hydrogen-bond acceptors (Lipinski definition) is 3. The lowest BCUT2D eigenvalue weighted by atomic mass is 9.96. The lowest BCUT2D eigenvalue weighted by Gasteiger charge is -2.35. The molecule has 0 bridgehead atoms. The first-order valence-electron chi connectivity index (χ1n) is 16.5. The summed E-state index contributed by atoms with van der Waals surface area (Å²) >= 11 is 1.83. The number of hydrogen-bond donors (Lipinski definition) is 1. The summed E-state index contributed by atoms with van der Waals surface area (Å²) in [6, 6.07) is 57.5. The number of anilines is 3. The van der Waals surface area contributed by atoms with Gasteiger partial charge in [-0.25, -0.2) is 0 Å². The van der Waals surface area contributed by atoms with Gasteiger partial charge in [-0.2, -0.15) is 0 Å². The molecule has 226 valence electrons. The Kier molecular flexibility index (Phi) is 6.15. The van der Waals surface area contributed by atoms with Gasteiger partial charge in [-0.05, 0) is 104 Å². The van der Waals surface area contributed by atoms with Gasteiger partial charge < -0.3 is 10.2 Å². The molecule has 8 aromatic rings. The van der Waals surface area contributed by atoms with E-state index in [2.05, 4.69) is 180 Å². The van der Waals surface area contributed by atoms with E-state index in [0.29, 0.717) is 0 Å². The standard InChI is InChI=1S/C45H30N2S/c1-2-10-29(11-3-1)31-12-8-14-35(27-31)47(43-25-24-40-38-17-6-7-19-42(38)48-45(40)46-43)34-22-20-30(21-23-34)33-26-32-13-9-18-39-36-15-4-5-16-37(36)41(28-33)44(32)39/h1-28,43,46H. The highest BCUT2D eigenvalue weighted by Gasteiger charge is 2.25. The van der Waals surface area contributed by atoms with Crippen LogP contribution < -0.4 is 10.2 Å². The van der Waals surface area contributed by atoms with E-state index >= 15 is 0 Å². The van der Waals surface area contributed by atoms with Crippen LogP contribution in [-0.2, 0) is 0 Å². The van der Waals surface area contributed by atoms with Crippen molar-refractivity contribution >= 4 is 54.6 Å². The maximum absolute atomic E-state index is 3.90. The first-order chi connectivity index (χ1) is 23.8. The van der Waals surface area contributed by atoms with Gasteiger partial charge in [0.1, 0.15) is 6.17 Å². The Morgan fingerprint density at radius 2 is 1.21 bits per heavy atom. The summed E-state index contributed by atoms with van der Waals surface area (Å²) in [5.74, 6) is 0. The maximum Gasteiger partial charge on any atom is 0.124 e. The van der Waals surface area contributed by atoms with Crippen LogP contribution in [0.25, 0.3) is 71.4 Å². The quantitative estimate of drug-likeness (QED) is 0.204. The average Bonchev–Trinajstić information content (AvgIpc) is 3.69. The molecule has 0 saturated carbocycles. The van der Waals surface area contributed by atoms with Gasteiger partial charge in [-0.3, -0.25) is 0 Å². The third-order valence-corrected chi connectivity index (χ3v) is 10.9. The van der Waals surface area contributed by atoms with Crippen LogP contribution in [-0.4, -0.2) is 6.17 Å². The molecule has 10 rings (SSSR count). The van der Waals surface area contributed by atoms with Crippen LogP contribution in [0.5, 0.6) is 0 Å². The Morgan fingerprint density at radius 3 is 2.08 bits per heavy atom. The number of nitrogens with zero attached hydrogens (tertiary/aromatic N) is 1. The smallest absolute Gasteiger partial charge is 0.124 e. The highest BCUT2D eigenvalue weighted by Crippen LogP contribution is 2.49. The Balaban J connectivity index is 1.07. The summed E-state index contributed by atoms with van der Waals surface area (Å²) < 4.78 is 1.30. The number of benzene rings is 7. The van der Waals surface area contributed by atoms with Crippen molar-refractivity contribution < 1.29 is 0 Å².